The summed E-state index contributed by atoms with van der Waals surface area (Å²) in [5.41, 5.74) is 10.3. The molecule has 0 spiro atoms. The molecule has 0 atom stereocenters. The highest BCUT2D eigenvalue weighted by Crippen LogP contribution is 2.25. The van der Waals surface area contributed by atoms with Crippen LogP contribution in [0.1, 0.15) is 33.9 Å². The number of nitrogens with one attached hydrogen (secondary N) is 1. The number of thiazole rings is 1. The highest BCUT2D eigenvalue weighted by atomic mass is 32.1. The van der Waals surface area contributed by atoms with E-state index in [2.05, 4.69) is 21.7 Å². The summed E-state index contributed by atoms with van der Waals surface area (Å²) in [5, 5.41) is 6.57. The number of fused-ring (bicyclic) bond motifs is 1. The van der Waals surface area contributed by atoms with Crippen LogP contribution >= 0.6 is 23.6 Å². The molecule has 3 N–H and O–H groups in total. The van der Waals surface area contributed by atoms with Gasteiger partial charge in [-0.3, -0.25) is 0 Å². The lowest BCUT2D eigenvalue weighted by atomic mass is 10.1. The SMILES string of the molecule is Cc1nc(CCNc2nc3c(cc2C(N)=S)CCC3)cs1. The lowest BCUT2D eigenvalue weighted by molar-refractivity contribution is 0.897. The molecule has 2 heterocycles. The minimum absolute atomic E-state index is 0.407. The quantitative estimate of drug-likeness (QED) is 0.830. The zero-order chi connectivity index (χ0) is 14.8. The van der Waals surface area contributed by atoms with E-state index in [-0.39, 0.29) is 0 Å². The number of aromatic nitrogens is 2. The van der Waals surface area contributed by atoms with Gasteiger partial charge in [0.1, 0.15) is 10.8 Å². The summed E-state index contributed by atoms with van der Waals surface area (Å²) in [6.07, 6.45) is 4.17. The van der Waals surface area contributed by atoms with Gasteiger partial charge in [-0.15, -0.1) is 11.3 Å². The van der Waals surface area contributed by atoms with Crippen LogP contribution in [0.2, 0.25) is 0 Å². The Morgan fingerprint density at radius 2 is 2.29 bits per heavy atom. The molecular weight excluding hydrogens is 300 g/mol. The topological polar surface area (TPSA) is 63.8 Å². The van der Waals surface area contributed by atoms with Crippen molar-refractivity contribution in [3.8, 4) is 0 Å². The molecule has 1 aliphatic carbocycles. The van der Waals surface area contributed by atoms with Crippen LogP contribution < -0.4 is 11.1 Å². The first-order chi connectivity index (χ1) is 10.1. The van der Waals surface area contributed by atoms with E-state index in [1.807, 2.05) is 6.92 Å². The third kappa shape index (κ3) is 3.22. The average molecular weight is 318 g/mol. The molecule has 0 saturated heterocycles. The third-order valence-electron chi connectivity index (χ3n) is 3.66. The summed E-state index contributed by atoms with van der Waals surface area (Å²) in [6.45, 7) is 2.80. The first-order valence-electron chi connectivity index (χ1n) is 7.11. The normalized spacial score (nSPS) is 13.2. The maximum atomic E-state index is 5.84. The molecule has 0 amide bonds. The second kappa shape index (κ2) is 6.07. The van der Waals surface area contributed by atoms with Gasteiger partial charge in [0.15, 0.2) is 0 Å². The molecular formula is C15H18N4S2. The van der Waals surface area contributed by atoms with Gasteiger partial charge in [-0.05, 0) is 37.8 Å². The Kier molecular flexibility index (Phi) is 4.17. The van der Waals surface area contributed by atoms with Gasteiger partial charge in [0.05, 0.1) is 16.3 Å². The Balaban J connectivity index is 1.73. The number of hydrogen-bond acceptors (Lipinski definition) is 5. The maximum absolute atomic E-state index is 5.84. The zero-order valence-corrected chi connectivity index (χ0v) is 13.6. The predicted octanol–water partition coefficient (Wildman–Crippen LogP) is 2.62. The molecule has 21 heavy (non-hydrogen) atoms. The fraction of sp³-hybridized carbons (Fsp3) is 0.400. The lowest BCUT2D eigenvalue weighted by Crippen LogP contribution is -2.17. The Hall–Kier alpha value is -1.53. The summed E-state index contributed by atoms with van der Waals surface area (Å²) in [4.78, 5) is 9.59. The molecule has 110 valence electrons. The molecule has 3 rings (SSSR count). The third-order valence-corrected chi connectivity index (χ3v) is 4.70. The maximum Gasteiger partial charge on any atom is 0.136 e. The van der Waals surface area contributed by atoms with Crippen molar-refractivity contribution in [2.45, 2.75) is 32.6 Å². The molecule has 0 bridgehead atoms. The second-order valence-corrected chi connectivity index (χ2v) is 6.74. The molecule has 0 fully saturated rings. The van der Waals surface area contributed by atoms with Gasteiger partial charge in [0.2, 0.25) is 0 Å². The van der Waals surface area contributed by atoms with Crippen molar-refractivity contribution < 1.29 is 0 Å². The summed E-state index contributed by atoms with van der Waals surface area (Å²) in [6, 6.07) is 2.10. The van der Waals surface area contributed by atoms with Gasteiger partial charge in [-0.25, -0.2) is 9.97 Å². The zero-order valence-electron chi connectivity index (χ0n) is 12.0. The number of pyridine rings is 1. The van der Waals surface area contributed by atoms with Crippen molar-refractivity contribution in [1.29, 1.82) is 0 Å². The van der Waals surface area contributed by atoms with E-state index in [1.54, 1.807) is 11.3 Å². The number of aryl methyl sites for hydroxylation is 3. The van der Waals surface area contributed by atoms with Crippen molar-refractivity contribution in [1.82, 2.24) is 9.97 Å². The van der Waals surface area contributed by atoms with Crippen LogP contribution in [0.4, 0.5) is 5.82 Å². The van der Waals surface area contributed by atoms with E-state index >= 15 is 0 Å². The molecule has 6 heteroatoms. The molecule has 0 saturated carbocycles. The van der Waals surface area contributed by atoms with E-state index in [9.17, 15) is 0 Å². The van der Waals surface area contributed by atoms with Crippen LogP contribution in [0.15, 0.2) is 11.4 Å². The molecule has 2 aromatic heterocycles. The molecule has 0 unspecified atom stereocenters. The summed E-state index contributed by atoms with van der Waals surface area (Å²) in [5.74, 6) is 0.815. The van der Waals surface area contributed by atoms with Crippen molar-refractivity contribution in [2.24, 2.45) is 5.73 Å². The van der Waals surface area contributed by atoms with Gasteiger partial charge in [0, 0.05) is 24.0 Å². The number of nitrogens with zero attached hydrogens (tertiary/aromatic N) is 2. The monoisotopic (exact) mass is 318 g/mol. The number of thiocarbonyl (C=S) groups is 1. The molecule has 2 aromatic rings. The van der Waals surface area contributed by atoms with Crippen molar-refractivity contribution in [3.05, 3.63) is 39.0 Å². The predicted molar refractivity (Wildman–Crippen MR) is 91.2 cm³/mol. The van der Waals surface area contributed by atoms with Crippen LogP contribution in [0.25, 0.3) is 0 Å². The van der Waals surface area contributed by atoms with Crippen LogP contribution in [0.3, 0.4) is 0 Å². The Labute approximate surface area is 133 Å². The minimum atomic E-state index is 0.407. The first-order valence-corrected chi connectivity index (χ1v) is 8.40. The van der Waals surface area contributed by atoms with E-state index in [4.69, 9.17) is 22.9 Å². The molecule has 0 aromatic carbocycles. The van der Waals surface area contributed by atoms with E-state index in [1.165, 1.54) is 17.7 Å². The fourth-order valence-corrected chi connectivity index (χ4v) is 3.43. The van der Waals surface area contributed by atoms with Crippen molar-refractivity contribution in [3.63, 3.8) is 0 Å². The summed E-state index contributed by atoms with van der Waals surface area (Å²) in [7, 11) is 0. The largest absolute Gasteiger partial charge is 0.389 e. The molecule has 4 nitrogen and oxygen atoms in total. The molecule has 0 radical (unpaired) electrons. The Morgan fingerprint density at radius 3 is 3.00 bits per heavy atom. The molecule has 0 aliphatic heterocycles. The number of nitrogens with two attached hydrogens (primary N) is 1. The van der Waals surface area contributed by atoms with Gasteiger partial charge in [0.25, 0.3) is 0 Å². The highest BCUT2D eigenvalue weighted by Gasteiger charge is 2.17. The van der Waals surface area contributed by atoms with Crippen LogP contribution in [0, 0.1) is 6.92 Å². The van der Waals surface area contributed by atoms with E-state index < -0.39 is 0 Å². The summed E-state index contributed by atoms with van der Waals surface area (Å²) < 4.78 is 0. The van der Waals surface area contributed by atoms with E-state index in [0.29, 0.717) is 4.99 Å². The average Bonchev–Trinajstić information content (AvgIpc) is 3.06. The number of rotatable bonds is 5. The fourth-order valence-electron chi connectivity index (χ4n) is 2.63. The Bertz CT molecular complexity index is 678. The van der Waals surface area contributed by atoms with Gasteiger partial charge in [-0.2, -0.15) is 0 Å². The van der Waals surface area contributed by atoms with Crippen LogP contribution in [-0.2, 0) is 19.3 Å². The van der Waals surface area contributed by atoms with Gasteiger partial charge in [-0.1, -0.05) is 12.2 Å². The minimum Gasteiger partial charge on any atom is -0.389 e. The number of hydrogen-bond donors (Lipinski definition) is 2. The van der Waals surface area contributed by atoms with Gasteiger partial charge < -0.3 is 11.1 Å². The van der Waals surface area contributed by atoms with Crippen molar-refractivity contribution in [2.75, 3.05) is 11.9 Å². The van der Waals surface area contributed by atoms with Crippen LogP contribution in [-0.4, -0.2) is 21.5 Å². The lowest BCUT2D eigenvalue weighted by Gasteiger charge is -2.12. The molecule has 1 aliphatic rings. The van der Waals surface area contributed by atoms with E-state index in [0.717, 1.165) is 47.9 Å². The van der Waals surface area contributed by atoms with Gasteiger partial charge >= 0.3 is 0 Å². The van der Waals surface area contributed by atoms with Crippen LogP contribution in [0.5, 0.6) is 0 Å². The first kappa shape index (κ1) is 14.4. The summed E-state index contributed by atoms with van der Waals surface area (Å²) >= 11 is 6.83. The highest BCUT2D eigenvalue weighted by molar-refractivity contribution is 7.80. The number of anilines is 1. The smallest absolute Gasteiger partial charge is 0.136 e. The Morgan fingerprint density at radius 1 is 1.43 bits per heavy atom. The van der Waals surface area contributed by atoms with Crippen molar-refractivity contribution >= 4 is 34.4 Å². The standard InChI is InChI=1S/C15H18N4S2/c1-9-18-11(8-21-9)5-6-17-15-12(14(16)20)7-10-3-2-4-13(10)19-15/h7-8H,2-6H2,1H3,(H2,16,20)(H,17,19). The second-order valence-electron chi connectivity index (χ2n) is 5.24.